The zero-order valence-corrected chi connectivity index (χ0v) is 10.1. The number of rotatable bonds is 2. The maximum absolute atomic E-state index is 4.26. The second-order valence-corrected chi connectivity index (χ2v) is 5.23. The summed E-state index contributed by atoms with van der Waals surface area (Å²) in [4.78, 5) is 6.82. The van der Waals surface area contributed by atoms with Crippen molar-refractivity contribution in [3.8, 4) is 0 Å². The summed E-state index contributed by atoms with van der Waals surface area (Å²) in [5, 5.41) is 3.52. The molecule has 1 N–H and O–H groups in total. The summed E-state index contributed by atoms with van der Waals surface area (Å²) in [7, 11) is 0. The maximum atomic E-state index is 4.26. The molecule has 3 nitrogen and oxygen atoms in total. The minimum Gasteiger partial charge on any atom is -0.311 e. The highest BCUT2D eigenvalue weighted by molar-refractivity contribution is 9.10. The third-order valence-corrected chi connectivity index (χ3v) is 3.81. The molecule has 0 saturated carbocycles. The standard InChI is InChI=1S/C11H14BrN3/c12-11-2-1-8(4-14-11)6-15-7-9-3-10(15)5-13-9/h1-2,4,9-10,13H,3,5-7H2/t9-,10-/m0/s1. The molecule has 0 aromatic carbocycles. The van der Waals surface area contributed by atoms with Crippen LogP contribution in [-0.2, 0) is 6.54 Å². The van der Waals surface area contributed by atoms with Gasteiger partial charge in [0, 0.05) is 37.9 Å². The van der Waals surface area contributed by atoms with Crippen molar-refractivity contribution in [1.82, 2.24) is 15.2 Å². The topological polar surface area (TPSA) is 28.2 Å². The number of hydrogen-bond donors (Lipinski definition) is 1. The largest absolute Gasteiger partial charge is 0.311 e. The Hall–Kier alpha value is -0.450. The molecular formula is C11H14BrN3. The van der Waals surface area contributed by atoms with Crippen LogP contribution in [0.3, 0.4) is 0 Å². The number of likely N-dealkylation sites (tertiary alicyclic amines) is 1. The van der Waals surface area contributed by atoms with Crippen LogP contribution < -0.4 is 5.32 Å². The predicted octanol–water partition coefficient (Wildman–Crippen LogP) is 1.39. The Morgan fingerprint density at radius 3 is 3.07 bits per heavy atom. The second-order valence-electron chi connectivity index (χ2n) is 4.41. The summed E-state index contributed by atoms with van der Waals surface area (Å²) in [6.45, 7) is 3.40. The molecule has 1 aromatic rings. The van der Waals surface area contributed by atoms with Crippen LogP contribution in [0, 0.1) is 0 Å². The lowest BCUT2D eigenvalue weighted by Gasteiger charge is -2.27. The fourth-order valence-corrected chi connectivity index (χ4v) is 2.81. The van der Waals surface area contributed by atoms with Crippen molar-refractivity contribution < 1.29 is 0 Å². The molecule has 0 aliphatic carbocycles. The smallest absolute Gasteiger partial charge is 0.106 e. The summed E-state index contributed by atoms with van der Waals surface area (Å²) in [5.74, 6) is 0. The number of piperazine rings is 1. The van der Waals surface area contributed by atoms with Crippen LogP contribution in [0.4, 0.5) is 0 Å². The maximum Gasteiger partial charge on any atom is 0.106 e. The Morgan fingerprint density at radius 2 is 2.47 bits per heavy atom. The van der Waals surface area contributed by atoms with E-state index in [0.29, 0.717) is 0 Å². The number of pyridine rings is 1. The molecule has 0 amide bonds. The first-order valence-electron chi connectivity index (χ1n) is 5.39. The van der Waals surface area contributed by atoms with Crippen LogP contribution >= 0.6 is 15.9 Å². The third kappa shape index (κ3) is 1.94. The lowest BCUT2D eigenvalue weighted by atomic mass is 10.2. The Balaban J connectivity index is 1.68. The van der Waals surface area contributed by atoms with Gasteiger partial charge in [0.25, 0.3) is 0 Å². The van der Waals surface area contributed by atoms with Gasteiger partial charge in [0.05, 0.1) is 0 Å². The molecule has 2 atom stereocenters. The van der Waals surface area contributed by atoms with Gasteiger partial charge in [-0.2, -0.15) is 0 Å². The molecule has 1 aromatic heterocycles. The predicted molar refractivity (Wildman–Crippen MR) is 62.5 cm³/mol. The number of halogens is 1. The van der Waals surface area contributed by atoms with Crippen LogP contribution in [0.5, 0.6) is 0 Å². The van der Waals surface area contributed by atoms with Gasteiger partial charge in [-0.1, -0.05) is 6.07 Å². The van der Waals surface area contributed by atoms with Crippen molar-refractivity contribution in [2.24, 2.45) is 0 Å². The Bertz CT molecular complexity index is 351. The summed E-state index contributed by atoms with van der Waals surface area (Å²) in [5.41, 5.74) is 1.31. The van der Waals surface area contributed by atoms with E-state index in [0.717, 1.165) is 29.8 Å². The normalized spacial score (nSPS) is 29.9. The molecule has 2 aliphatic rings. The van der Waals surface area contributed by atoms with Crippen LogP contribution in [0.1, 0.15) is 12.0 Å². The van der Waals surface area contributed by atoms with Gasteiger partial charge in [-0.05, 0) is 34.0 Å². The lowest BCUT2D eigenvalue weighted by molar-refractivity contribution is 0.217. The zero-order chi connectivity index (χ0) is 10.3. The molecule has 2 saturated heterocycles. The summed E-state index contributed by atoms with van der Waals surface area (Å²) in [6.07, 6.45) is 3.29. The molecule has 0 radical (unpaired) electrons. The SMILES string of the molecule is Brc1ccc(CN2C[C@@H]3C[C@H]2CN3)cn1. The van der Waals surface area contributed by atoms with Crippen molar-refractivity contribution in [2.75, 3.05) is 13.1 Å². The Kier molecular flexibility index (Phi) is 2.50. The van der Waals surface area contributed by atoms with E-state index in [4.69, 9.17) is 0 Å². The second kappa shape index (κ2) is 3.85. The van der Waals surface area contributed by atoms with E-state index in [2.05, 4.69) is 37.2 Å². The van der Waals surface area contributed by atoms with Crippen LogP contribution in [0.15, 0.2) is 22.9 Å². The van der Waals surface area contributed by atoms with Crippen molar-refractivity contribution in [2.45, 2.75) is 25.0 Å². The van der Waals surface area contributed by atoms with Gasteiger partial charge < -0.3 is 5.32 Å². The Labute approximate surface area is 98.0 Å². The van der Waals surface area contributed by atoms with E-state index in [1.807, 2.05) is 12.3 Å². The van der Waals surface area contributed by atoms with Gasteiger partial charge in [0.2, 0.25) is 0 Å². The highest BCUT2D eigenvalue weighted by atomic mass is 79.9. The summed E-state index contributed by atoms with van der Waals surface area (Å²) < 4.78 is 0.913. The molecule has 2 fully saturated rings. The molecule has 15 heavy (non-hydrogen) atoms. The van der Waals surface area contributed by atoms with E-state index in [-0.39, 0.29) is 0 Å². The number of fused-ring (bicyclic) bond motifs is 2. The van der Waals surface area contributed by atoms with Crippen molar-refractivity contribution in [1.29, 1.82) is 0 Å². The fourth-order valence-electron chi connectivity index (χ4n) is 2.58. The van der Waals surface area contributed by atoms with Crippen LogP contribution in [-0.4, -0.2) is 35.1 Å². The molecular weight excluding hydrogens is 254 g/mol. The highest BCUT2D eigenvalue weighted by Crippen LogP contribution is 2.24. The number of nitrogens with one attached hydrogen (secondary N) is 1. The summed E-state index contributed by atoms with van der Waals surface area (Å²) in [6, 6.07) is 5.65. The van der Waals surface area contributed by atoms with E-state index in [9.17, 15) is 0 Å². The van der Waals surface area contributed by atoms with Gasteiger partial charge in [-0.25, -0.2) is 4.98 Å². The third-order valence-electron chi connectivity index (χ3n) is 3.34. The monoisotopic (exact) mass is 267 g/mol. The van der Waals surface area contributed by atoms with E-state index < -0.39 is 0 Å². The molecule has 4 heteroatoms. The van der Waals surface area contributed by atoms with Crippen molar-refractivity contribution in [3.05, 3.63) is 28.5 Å². The molecule has 80 valence electrons. The Morgan fingerprint density at radius 1 is 1.53 bits per heavy atom. The van der Waals surface area contributed by atoms with Crippen LogP contribution in [0.2, 0.25) is 0 Å². The molecule has 2 bridgehead atoms. The molecule has 2 aliphatic heterocycles. The van der Waals surface area contributed by atoms with Crippen molar-refractivity contribution >= 4 is 15.9 Å². The quantitative estimate of drug-likeness (QED) is 0.822. The van der Waals surface area contributed by atoms with Crippen LogP contribution in [0.25, 0.3) is 0 Å². The van der Waals surface area contributed by atoms with Gasteiger partial charge in [0.1, 0.15) is 4.60 Å². The first-order chi connectivity index (χ1) is 7.31. The number of hydrogen-bond acceptors (Lipinski definition) is 3. The fraction of sp³-hybridized carbons (Fsp3) is 0.545. The van der Waals surface area contributed by atoms with Gasteiger partial charge in [-0.3, -0.25) is 4.90 Å². The van der Waals surface area contributed by atoms with E-state index >= 15 is 0 Å². The zero-order valence-electron chi connectivity index (χ0n) is 8.49. The minimum absolute atomic E-state index is 0.735. The average molecular weight is 268 g/mol. The lowest BCUT2D eigenvalue weighted by Crippen LogP contribution is -2.42. The van der Waals surface area contributed by atoms with E-state index in [1.54, 1.807) is 0 Å². The van der Waals surface area contributed by atoms with E-state index in [1.165, 1.54) is 18.5 Å². The molecule has 0 unspecified atom stereocenters. The van der Waals surface area contributed by atoms with Gasteiger partial charge in [0.15, 0.2) is 0 Å². The summed E-state index contributed by atoms with van der Waals surface area (Å²) >= 11 is 3.36. The molecule has 3 heterocycles. The highest BCUT2D eigenvalue weighted by Gasteiger charge is 2.37. The molecule has 0 spiro atoms. The average Bonchev–Trinajstić information content (AvgIpc) is 2.83. The van der Waals surface area contributed by atoms with Crippen molar-refractivity contribution in [3.63, 3.8) is 0 Å². The number of nitrogens with zero attached hydrogens (tertiary/aromatic N) is 2. The number of aromatic nitrogens is 1. The van der Waals surface area contributed by atoms with Gasteiger partial charge in [-0.15, -0.1) is 0 Å². The molecule has 3 rings (SSSR count). The minimum atomic E-state index is 0.735. The first kappa shape index (κ1) is 9.75. The van der Waals surface area contributed by atoms with Gasteiger partial charge >= 0.3 is 0 Å². The first-order valence-corrected chi connectivity index (χ1v) is 6.18.